The minimum Gasteiger partial charge on any atom is -0.493 e. The highest BCUT2D eigenvalue weighted by molar-refractivity contribution is 7.14. The Morgan fingerprint density at radius 1 is 1.30 bits per heavy atom. The van der Waals surface area contributed by atoms with Crippen LogP contribution in [0.4, 0.5) is 5.00 Å². The molecule has 20 heavy (non-hydrogen) atoms. The average molecular weight is 288 g/mol. The fourth-order valence-electron chi connectivity index (χ4n) is 1.73. The molecule has 1 amide bonds. The van der Waals surface area contributed by atoms with Crippen molar-refractivity contribution < 1.29 is 14.3 Å². The summed E-state index contributed by atoms with van der Waals surface area (Å²) in [7, 11) is 2.98. The van der Waals surface area contributed by atoms with Gasteiger partial charge in [-0.1, -0.05) is 6.07 Å². The van der Waals surface area contributed by atoms with E-state index in [4.69, 9.17) is 14.7 Å². The summed E-state index contributed by atoms with van der Waals surface area (Å²) in [6.45, 7) is 0. The molecule has 0 aliphatic heterocycles. The van der Waals surface area contributed by atoms with Crippen LogP contribution in [0.15, 0.2) is 29.6 Å². The molecule has 2 aromatic rings. The SMILES string of the molecule is COc1cccc(C(=O)Nc2sccc2C#N)c1OC. The van der Waals surface area contributed by atoms with E-state index in [-0.39, 0.29) is 5.91 Å². The quantitative estimate of drug-likeness (QED) is 0.939. The molecule has 0 fully saturated rings. The molecule has 0 radical (unpaired) electrons. The molecule has 1 aromatic carbocycles. The number of carbonyl (C=O) groups is 1. The molecule has 0 bridgehead atoms. The van der Waals surface area contributed by atoms with Gasteiger partial charge in [0.25, 0.3) is 5.91 Å². The van der Waals surface area contributed by atoms with Crippen LogP contribution in [0.1, 0.15) is 15.9 Å². The molecule has 0 aliphatic carbocycles. The highest BCUT2D eigenvalue weighted by Gasteiger charge is 2.17. The number of thiophene rings is 1. The van der Waals surface area contributed by atoms with Gasteiger partial charge in [-0.2, -0.15) is 5.26 Å². The van der Waals surface area contributed by atoms with Gasteiger partial charge in [-0.3, -0.25) is 4.79 Å². The van der Waals surface area contributed by atoms with Crippen molar-refractivity contribution in [2.45, 2.75) is 0 Å². The monoisotopic (exact) mass is 288 g/mol. The molecule has 0 saturated heterocycles. The predicted octanol–water partition coefficient (Wildman–Crippen LogP) is 2.89. The van der Waals surface area contributed by atoms with Gasteiger partial charge in [0.1, 0.15) is 11.1 Å². The standard InChI is InChI=1S/C14H12N2O3S/c1-18-11-5-3-4-10(12(11)19-2)13(17)16-14-9(8-15)6-7-20-14/h3-7H,1-2H3,(H,16,17). The maximum atomic E-state index is 12.3. The Bertz CT molecular complexity index is 673. The predicted molar refractivity (Wildman–Crippen MR) is 76.5 cm³/mol. The second-order valence-corrected chi connectivity index (χ2v) is 4.69. The third-order valence-electron chi connectivity index (χ3n) is 2.66. The number of benzene rings is 1. The van der Waals surface area contributed by atoms with Crippen molar-refractivity contribution in [3.05, 3.63) is 40.8 Å². The summed E-state index contributed by atoms with van der Waals surface area (Å²) in [5.74, 6) is 0.495. The molecule has 0 aliphatic rings. The Labute approximate surface area is 120 Å². The topological polar surface area (TPSA) is 71.3 Å². The molecule has 5 nitrogen and oxygen atoms in total. The van der Waals surface area contributed by atoms with E-state index in [1.54, 1.807) is 29.6 Å². The molecule has 0 spiro atoms. The van der Waals surface area contributed by atoms with Crippen molar-refractivity contribution in [3.63, 3.8) is 0 Å². The van der Waals surface area contributed by atoms with Gasteiger partial charge in [0, 0.05) is 0 Å². The summed E-state index contributed by atoms with van der Waals surface area (Å²) in [5, 5.41) is 13.9. The summed E-state index contributed by atoms with van der Waals surface area (Å²) in [5.41, 5.74) is 0.786. The Morgan fingerprint density at radius 3 is 2.75 bits per heavy atom. The lowest BCUT2D eigenvalue weighted by atomic mass is 10.1. The van der Waals surface area contributed by atoms with Crippen LogP contribution in [-0.4, -0.2) is 20.1 Å². The van der Waals surface area contributed by atoms with E-state index in [0.29, 0.717) is 27.6 Å². The molecule has 1 heterocycles. The molecule has 6 heteroatoms. The van der Waals surface area contributed by atoms with Crippen LogP contribution in [0.3, 0.4) is 0 Å². The van der Waals surface area contributed by atoms with Crippen molar-refractivity contribution in [3.8, 4) is 17.6 Å². The number of nitriles is 1. The second-order valence-electron chi connectivity index (χ2n) is 3.77. The third-order valence-corrected chi connectivity index (χ3v) is 3.49. The average Bonchev–Trinajstić information content (AvgIpc) is 2.93. The number of carbonyl (C=O) groups excluding carboxylic acids is 1. The zero-order valence-electron chi connectivity index (χ0n) is 11.0. The largest absolute Gasteiger partial charge is 0.493 e. The number of para-hydroxylation sites is 1. The zero-order chi connectivity index (χ0) is 14.5. The first-order valence-corrected chi connectivity index (χ1v) is 6.59. The van der Waals surface area contributed by atoms with E-state index < -0.39 is 0 Å². The number of nitrogens with zero attached hydrogens (tertiary/aromatic N) is 1. The Kier molecular flexibility index (Phi) is 4.23. The van der Waals surface area contributed by atoms with Gasteiger partial charge in [0.2, 0.25) is 0 Å². The van der Waals surface area contributed by atoms with Crippen molar-refractivity contribution in [1.29, 1.82) is 5.26 Å². The maximum Gasteiger partial charge on any atom is 0.260 e. The lowest BCUT2D eigenvalue weighted by molar-refractivity contribution is 0.102. The van der Waals surface area contributed by atoms with Gasteiger partial charge in [-0.15, -0.1) is 11.3 Å². The second kappa shape index (κ2) is 6.08. The first-order valence-electron chi connectivity index (χ1n) is 5.71. The van der Waals surface area contributed by atoms with Crippen LogP contribution in [0.2, 0.25) is 0 Å². The van der Waals surface area contributed by atoms with Crippen molar-refractivity contribution in [2.24, 2.45) is 0 Å². The fraction of sp³-hybridized carbons (Fsp3) is 0.143. The number of nitrogens with one attached hydrogen (secondary N) is 1. The molecule has 1 N–H and O–H groups in total. The van der Waals surface area contributed by atoms with Crippen molar-refractivity contribution in [1.82, 2.24) is 0 Å². The van der Waals surface area contributed by atoms with Gasteiger partial charge < -0.3 is 14.8 Å². The number of amides is 1. The Hall–Kier alpha value is -2.52. The molecule has 0 unspecified atom stereocenters. The van der Waals surface area contributed by atoms with E-state index >= 15 is 0 Å². The number of hydrogen-bond acceptors (Lipinski definition) is 5. The van der Waals surface area contributed by atoms with Crippen LogP contribution in [-0.2, 0) is 0 Å². The van der Waals surface area contributed by atoms with Gasteiger partial charge in [0.15, 0.2) is 11.5 Å². The lowest BCUT2D eigenvalue weighted by Gasteiger charge is -2.12. The number of ether oxygens (including phenoxy) is 2. The highest BCUT2D eigenvalue weighted by Crippen LogP contribution is 2.32. The van der Waals surface area contributed by atoms with E-state index in [1.165, 1.54) is 25.6 Å². The first-order chi connectivity index (χ1) is 9.71. The number of anilines is 1. The smallest absolute Gasteiger partial charge is 0.260 e. The highest BCUT2D eigenvalue weighted by atomic mass is 32.1. The van der Waals surface area contributed by atoms with E-state index in [1.807, 2.05) is 6.07 Å². The molecule has 2 rings (SSSR count). The van der Waals surface area contributed by atoms with Gasteiger partial charge in [0.05, 0.1) is 25.3 Å². The van der Waals surface area contributed by atoms with E-state index in [2.05, 4.69) is 5.32 Å². The minimum absolute atomic E-state index is 0.347. The van der Waals surface area contributed by atoms with Crippen molar-refractivity contribution >= 4 is 22.2 Å². The molecule has 0 atom stereocenters. The molecule has 1 aromatic heterocycles. The molecule has 102 valence electrons. The summed E-state index contributed by atoms with van der Waals surface area (Å²) < 4.78 is 10.4. The van der Waals surface area contributed by atoms with Crippen LogP contribution in [0.25, 0.3) is 0 Å². The molecular weight excluding hydrogens is 276 g/mol. The van der Waals surface area contributed by atoms with Crippen LogP contribution < -0.4 is 14.8 Å². The van der Waals surface area contributed by atoms with E-state index in [9.17, 15) is 4.79 Å². The van der Waals surface area contributed by atoms with Crippen LogP contribution in [0, 0.1) is 11.3 Å². The number of hydrogen-bond donors (Lipinski definition) is 1. The minimum atomic E-state index is -0.347. The molecular formula is C14H12N2O3S. The third kappa shape index (κ3) is 2.58. The maximum absolute atomic E-state index is 12.3. The summed E-state index contributed by atoms with van der Waals surface area (Å²) >= 11 is 1.29. The molecule has 0 saturated carbocycles. The Balaban J connectivity index is 2.33. The first kappa shape index (κ1) is 13.9. The number of methoxy groups -OCH3 is 2. The van der Waals surface area contributed by atoms with Gasteiger partial charge in [-0.05, 0) is 23.6 Å². The van der Waals surface area contributed by atoms with Gasteiger partial charge in [-0.25, -0.2) is 0 Å². The van der Waals surface area contributed by atoms with E-state index in [0.717, 1.165) is 0 Å². The van der Waals surface area contributed by atoms with Crippen molar-refractivity contribution in [2.75, 3.05) is 19.5 Å². The fourth-order valence-corrected chi connectivity index (χ4v) is 2.46. The zero-order valence-corrected chi connectivity index (χ0v) is 11.8. The van der Waals surface area contributed by atoms with Gasteiger partial charge >= 0.3 is 0 Å². The normalized spacial score (nSPS) is 9.65. The summed E-state index contributed by atoms with van der Waals surface area (Å²) in [4.78, 5) is 12.3. The summed E-state index contributed by atoms with van der Waals surface area (Å²) in [6.07, 6.45) is 0. The summed E-state index contributed by atoms with van der Waals surface area (Å²) in [6, 6.07) is 8.73. The number of rotatable bonds is 4. The van der Waals surface area contributed by atoms with Crippen LogP contribution >= 0.6 is 11.3 Å². The Morgan fingerprint density at radius 2 is 2.10 bits per heavy atom. The lowest BCUT2D eigenvalue weighted by Crippen LogP contribution is -2.13. The van der Waals surface area contributed by atoms with Crippen LogP contribution in [0.5, 0.6) is 11.5 Å².